The van der Waals surface area contributed by atoms with E-state index in [1.807, 2.05) is 0 Å². The van der Waals surface area contributed by atoms with E-state index < -0.39 is 78.6 Å². The quantitative estimate of drug-likeness (QED) is 0.103. The average Bonchev–Trinajstić information content (AvgIpc) is 2.74. The van der Waals surface area contributed by atoms with Crippen molar-refractivity contribution in [2.75, 3.05) is 6.54 Å². The molecule has 194 valence electrons. The largest absolute Gasteiger partial charge is 0.481 e. The summed E-state index contributed by atoms with van der Waals surface area (Å²) in [5.74, 6) is -7.38. The fraction of sp³-hybridized carbons (Fsp3) is 0.700. The van der Waals surface area contributed by atoms with Crippen LogP contribution in [-0.2, 0) is 28.8 Å². The van der Waals surface area contributed by atoms with Crippen molar-refractivity contribution in [1.29, 1.82) is 0 Å². The van der Waals surface area contributed by atoms with Gasteiger partial charge < -0.3 is 42.7 Å². The second kappa shape index (κ2) is 15.6. The van der Waals surface area contributed by atoms with Crippen LogP contribution in [0, 0.1) is 5.92 Å². The lowest BCUT2D eigenvalue weighted by Crippen LogP contribution is -2.58. The Balaban J connectivity index is 5.58. The van der Waals surface area contributed by atoms with E-state index in [2.05, 4.69) is 16.0 Å². The van der Waals surface area contributed by atoms with Gasteiger partial charge in [-0.05, 0) is 31.7 Å². The fourth-order valence-corrected chi connectivity index (χ4v) is 2.91. The number of aliphatic carboxylic acids is 3. The first-order valence-electron chi connectivity index (χ1n) is 10.9. The van der Waals surface area contributed by atoms with E-state index in [9.17, 15) is 33.9 Å². The van der Waals surface area contributed by atoms with Crippen molar-refractivity contribution in [1.82, 2.24) is 16.0 Å². The number of nitrogens with one attached hydrogen (secondary N) is 3. The second-order valence-electron chi connectivity index (χ2n) is 7.92. The number of amides is 3. The zero-order chi connectivity index (χ0) is 26.4. The Morgan fingerprint density at radius 2 is 1.32 bits per heavy atom. The first kappa shape index (κ1) is 30.7. The maximum absolute atomic E-state index is 12.8. The van der Waals surface area contributed by atoms with Crippen LogP contribution in [0.2, 0.25) is 0 Å². The van der Waals surface area contributed by atoms with Crippen molar-refractivity contribution in [3.05, 3.63) is 0 Å². The molecule has 5 unspecified atom stereocenters. The van der Waals surface area contributed by atoms with Crippen LogP contribution in [-0.4, -0.2) is 81.7 Å². The topological polar surface area (TPSA) is 251 Å². The number of nitrogens with two attached hydrogens (primary N) is 2. The molecular weight excluding hydrogens is 454 g/mol. The lowest BCUT2D eigenvalue weighted by Gasteiger charge is -2.26. The Hall–Kier alpha value is -3.26. The minimum absolute atomic E-state index is 0.0561. The molecule has 0 bridgehead atoms. The Labute approximate surface area is 196 Å². The van der Waals surface area contributed by atoms with E-state index in [0.717, 1.165) is 0 Å². The van der Waals surface area contributed by atoms with Gasteiger partial charge in [-0.3, -0.25) is 24.0 Å². The summed E-state index contributed by atoms with van der Waals surface area (Å²) in [7, 11) is 0. The number of unbranched alkanes of at least 4 members (excludes halogenated alkanes) is 1. The Morgan fingerprint density at radius 3 is 1.79 bits per heavy atom. The third-order valence-corrected chi connectivity index (χ3v) is 5.10. The highest BCUT2D eigenvalue weighted by molar-refractivity contribution is 5.96. The van der Waals surface area contributed by atoms with Crippen LogP contribution in [0.5, 0.6) is 0 Å². The maximum atomic E-state index is 12.8. The molecule has 0 aromatic carbocycles. The van der Waals surface area contributed by atoms with Crippen LogP contribution in [0.25, 0.3) is 0 Å². The van der Waals surface area contributed by atoms with Gasteiger partial charge in [-0.15, -0.1) is 0 Å². The highest BCUT2D eigenvalue weighted by atomic mass is 16.4. The molecule has 14 nitrogen and oxygen atoms in total. The van der Waals surface area contributed by atoms with Crippen molar-refractivity contribution in [2.24, 2.45) is 17.4 Å². The van der Waals surface area contributed by atoms with Gasteiger partial charge in [0.25, 0.3) is 0 Å². The summed E-state index contributed by atoms with van der Waals surface area (Å²) in [5, 5.41) is 34.1. The summed E-state index contributed by atoms with van der Waals surface area (Å²) in [4.78, 5) is 71.2. The predicted molar refractivity (Wildman–Crippen MR) is 118 cm³/mol. The van der Waals surface area contributed by atoms with Crippen LogP contribution in [0.15, 0.2) is 0 Å². The minimum atomic E-state index is -1.63. The lowest BCUT2D eigenvalue weighted by molar-refractivity contribution is -0.144. The number of carbonyl (C=O) groups is 6. The molecule has 0 aliphatic carbocycles. The van der Waals surface area contributed by atoms with Crippen LogP contribution in [0.4, 0.5) is 0 Å². The second-order valence-corrected chi connectivity index (χ2v) is 7.92. The molecule has 0 aromatic rings. The lowest BCUT2D eigenvalue weighted by atomic mass is 9.98. The summed E-state index contributed by atoms with van der Waals surface area (Å²) in [5.41, 5.74) is 11.0. The van der Waals surface area contributed by atoms with Gasteiger partial charge >= 0.3 is 17.9 Å². The molecule has 14 heteroatoms. The minimum Gasteiger partial charge on any atom is -0.481 e. The molecule has 10 N–H and O–H groups in total. The molecule has 0 radical (unpaired) electrons. The van der Waals surface area contributed by atoms with Crippen molar-refractivity contribution >= 4 is 35.6 Å². The van der Waals surface area contributed by atoms with Gasteiger partial charge in [0.15, 0.2) is 0 Å². The molecule has 3 amide bonds. The summed E-state index contributed by atoms with van der Waals surface area (Å²) in [6.07, 6.45) is -0.172. The smallest absolute Gasteiger partial charge is 0.326 e. The molecule has 0 rings (SSSR count). The standard InChI is InChI=1S/C20H35N5O9/c1-3-10(2)16(20(33)34)25-19(32)13(9-15(28)29)24-18(31)12(6-4-5-7-21)23-17(30)11(22)8-14(26)27/h10-13,16H,3-9,21-22H2,1-2H3,(H,23,30)(H,24,31)(H,25,32)(H,26,27)(H,28,29)(H,33,34). The van der Waals surface area contributed by atoms with Crippen molar-refractivity contribution in [3.63, 3.8) is 0 Å². The molecule has 5 atom stereocenters. The van der Waals surface area contributed by atoms with Gasteiger partial charge in [-0.1, -0.05) is 20.3 Å². The van der Waals surface area contributed by atoms with Crippen molar-refractivity contribution < 1.29 is 44.1 Å². The van der Waals surface area contributed by atoms with Crippen molar-refractivity contribution in [2.45, 2.75) is 76.5 Å². The molecule has 0 aromatic heterocycles. The summed E-state index contributed by atoms with van der Waals surface area (Å²) in [6, 6.07) is -5.63. The average molecular weight is 490 g/mol. The number of carboxylic acid groups (broad SMARTS) is 3. The molecule has 0 aliphatic rings. The fourth-order valence-electron chi connectivity index (χ4n) is 2.91. The highest BCUT2D eigenvalue weighted by Gasteiger charge is 2.33. The molecule has 0 aliphatic heterocycles. The van der Waals surface area contributed by atoms with Gasteiger partial charge in [-0.2, -0.15) is 0 Å². The predicted octanol–water partition coefficient (Wildman–Crippen LogP) is -2.02. The van der Waals surface area contributed by atoms with Crippen LogP contribution < -0.4 is 27.4 Å². The van der Waals surface area contributed by atoms with E-state index in [4.69, 9.17) is 21.7 Å². The summed E-state index contributed by atoms with van der Waals surface area (Å²) >= 11 is 0. The monoisotopic (exact) mass is 489 g/mol. The molecule has 0 saturated heterocycles. The highest BCUT2D eigenvalue weighted by Crippen LogP contribution is 2.09. The summed E-state index contributed by atoms with van der Waals surface area (Å²) in [6.45, 7) is 3.61. The number of hydrogen-bond acceptors (Lipinski definition) is 8. The van der Waals surface area contributed by atoms with E-state index in [0.29, 0.717) is 25.8 Å². The number of hydrogen-bond donors (Lipinski definition) is 8. The van der Waals surface area contributed by atoms with Gasteiger partial charge in [-0.25, -0.2) is 4.79 Å². The molecule has 0 fully saturated rings. The number of carbonyl (C=O) groups excluding carboxylic acids is 3. The Morgan fingerprint density at radius 1 is 0.794 bits per heavy atom. The maximum Gasteiger partial charge on any atom is 0.326 e. The van der Waals surface area contributed by atoms with Gasteiger partial charge in [0.2, 0.25) is 17.7 Å². The third kappa shape index (κ3) is 11.6. The molecule has 0 saturated carbocycles. The zero-order valence-electron chi connectivity index (χ0n) is 19.3. The van der Waals surface area contributed by atoms with Gasteiger partial charge in [0.05, 0.1) is 18.9 Å². The van der Waals surface area contributed by atoms with Crippen LogP contribution in [0.3, 0.4) is 0 Å². The van der Waals surface area contributed by atoms with E-state index in [1.165, 1.54) is 0 Å². The van der Waals surface area contributed by atoms with E-state index in [1.54, 1.807) is 13.8 Å². The summed E-state index contributed by atoms with van der Waals surface area (Å²) < 4.78 is 0. The first-order chi connectivity index (χ1) is 15.8. The van der Waals surface area contributed by atoms with E-state index in [-0.39, 0.29) is 6.42 Å². The van der Waals surface area contributed by atoms with Gasteiger partial charge in [0, 0.05) is 0 Å². The van der Waals surface area contributed by atoms with Crippen LogP contribution >= 0.6 is 0 Å². The number of rotatable bonds is 17. The molecule has 0 spiro atoms. The van der Waals surface area contributed by atoms with Gasteiger partial charge in [0.1, 0.15) is 18.1 Å². The van der Waals surface area contributed by atoms with Crippen molar-refractivity contribution in [3.8, 4) is 0 Å². The van der Waals surface area contributed by atoms with E-state index >= 15 is 0 Å². The number of carboxylic acids is 3. The van der Waals surface area contributed by atoms with Crippen LogP contribution in [0.1, 0.15) is 52.4 Å². The first-order valence-corrected chi connectivity index (χ1v) is 10.9. The molecule has 34 heavy (non-hydrogen) atoms. The normalized spacial score (nSPS) is 15.2. The third-order valence-electron chi connectivity index (χ3n) is 5.10. The molecule has 0 heterocycles. The Kier molecular flexibility index (Phi) is 14.1. The zero-order valence-corrected chi connectivity index (χ0v) is 19.3. The Bertz CT molecular complexity index is 746. The SMILES string of the molecule is CCC(C)C(NC(=O)C(CC(=O)O)NC(=O)C(CCCCN)NC(=O)C(N)CC(=O)O)C(=O)O. The molecular formula is C20H35N5O9.